The highest BCUT2D eigenvalue weighted by Gasteiger charge is 2.08. The minimum absolute atomic E-state index is 0.493. The van der Waals surface area contributed by atoms with Crippen LogP contribution < -0.4 is 5.32 Å². The lowest BCUT2D eigenvalue weighted by Gasteiger charge is -2.00. The second-order valence-electron chi connectivity index (χ2n) is 5.14. The van der Waals surface area contributed by atoms with Crippen LogP contribution in [-0.4, -0.2) is 25.2 Å². The summed E-state index contributed by atoms with van der Waals surface area (Å²) in [5.74, 6) is 0.619. The lowest BCUT2D eigenvalue weighted by atomic mass is 10.2. The van der Waals surface area contributed by atoms with E-state index in [-0.39, 0.29) is 0 Å². The second-order valence-corrected chi connectivity index (χ2v) is 6.00. The molecule has 0 aliphatic carbocycles. The van der Waals surface area contributed by atoms with Crippen molar-refractivity contribution in [2.45, 2.75) is 6.54 Å². The summed E-state index contributed by atoms with van der Waals surface area (Å²) in [5.41, 5.74) is 2.87. The Balaban J connectivity index is 1.46. The average molecular weight is 334 g/mol. The number of hydrogen-bond acceptors (Lipinski definition) is 6. The van der Waals surface area contributed by atoms with Gasteiger partial charge in [-0.05, 0) is 17.3 Å². The van der Waals surface area contributed by atoms with Gasteiger partial charge in [-0.1, -0.05) is 48.5 Å². The molecule has 0 radical (unpaired) electrons. The van der Waals surface area contributed by atoms with E-state index in [9.17, 15) is 0 Å². The van der Waals surface area contributed by atoms with E-state index in [4.69, 9.17) is 0 Å². The highest BCUT2D eigenvalue weighted by atomic mass is 32.1. The van der Waals surface area contributed by atoms with Gasteiger partial charge in [0.2, 0.25) is 5.82 Å². The van der Waals surface area contributed by atoms with Crippen LogP contribution in [0.25, 0.3) is 11.4 Å². The number of nitrogens with zero attached hydrogens (tertiary/aromatic N) is 5. The van der Waals surface area contributed by atoms with E-state index in [2.05, 4.69) is 25.7 Å². The predicted octanol–water partition coefficient (Wildman–Crippen LogP) is 3.59. The molecule has 0 fully saturated rings. The van der Waals surface area contributed by atoms with Crippen molar-refractivity contribution in [3.8, 4) is 11.4 Å². The van der Waals surface area contributed by atoms with Crippen LogP contribution >= 0.6 is 11.3 Å². The number of thiazole rings is 1. The molecular formula is C17H14N6S. The summed E-state index contributed by atoms with van der Waals surface area (Å²) >= 11 is 1.56. The van der Waals surface area contributed by atoms with Gasteiger partial charge in [0.1, 0.15) is 6.54 Å². The summed E-state index contributed by atoms with van der Waals surface area (Å²) < 4.78 is 0. The van der Waals surface area contributed by atoms with Gasteiger partial charge in [0.15, 0.2) is 5.13 Å². The van der Waals surface area contributed by atoms with Crippen LogP contribution in [0.1, 0.15) is 5.69 Å². The molecule has 4 aromatic rings. The molecule has 1 N–H and O–H groups in total. The topological polar surface area (TPSA) is 68.5 Å². The van der Waals surface area contributed by atoms with Crippen molar-refractivity contribution in [2.24, 2.45) is 0 Å². The smallest absolute Gasteiger partial charge is 0.204 e. The van der Waals surface area contributed by atoms with Crippen molar-refractivity contribution in [1.29, 1.82) is 0 Å². The lowest BCUT2D eigenvalue weighted by Crippen LogP contribution is -2.04. The molecule has 0 aliphatic rings. The van der Waals surface area contributed by atoms with Gasteiger partial charge in [-0.2, -0.15) is 4.80 Å². The highest BCUT2D eigenvalue weighted by Crippen LogP contribution is 2.21. The molecule has 24 heavy (non-hydrogen) atoms. The molecule has 118 valence electrons. The van der Waals surface area contributed by atoms with Crippen molar-refractivity contribution in [2.75, 3.05) is 5.32 Å². The minimum atomic E-state index is 0.493. The minimum Gasteiger partial charge on any atom is -0.332 e. The fourth-order valence-corrected chi connectivity index (χ4v) is 2.96. The molecular weight excluding hydrogens is 320 g/mol. The second kappa shape index (κ2) is 6.59. The summed E-state index contributed by atoms with van der Waals surface area (Å²) in [6.07, 6.45) is 0. The summed E-state index contributed by atoms with van der Waals surface area (Å²) in [5, 5.41) is 18.7. The third-order valence-electron chi connectivity index (χ3n) is 3.37. The molecule has 0 atom stereocenters. The van der Waals surface area contributed by atoms with Gasteiger partial charge in [-0.3, -0.25) is 0 Å². The van der Waals surface area contributed by atoms with Gasteiger partial charge < -0.3 is 5.32 Å². The van der Waals surface area contributed by atoms with E-state index in [1.54, 1.807) is 16.1 Å². The van der Waals surface area contributed by atoms with Crippen LogP contribution in [0.4, 0.5) is 10.8 Å². The Morgan fingerprint density at radius 2 is 1.71 bits per heavy atom. The maximum Gasteiger partial charge on any atom is 0.204 e. The van der Waals surface area contributed by atoms with E-state index in [1.165, 1.54) is 0 Å². The van der Waals surface area contributed by atoms with E-state index in [1.807, 2.05) is 66.0 Å². The van der Waals surface area contributed by atoms with Gasteiger partial charge in [-0.15, -0.1) is 21.5 Å². The zero-order chi connectivity index (χ0) is 16.2. The zero-order valence-corrected chi connectivity index (χ0v) is 13.5. The number of rotatable bonds is 5. The van der Waals surface area contributed by atoms with Crippen molar-refractivity contribution in [3.05, 3.63) is 71.7 Å². The van der Waals surface area contributed by atoms with Crippen LogP contribution in [-0.2, 0) is 6.54 Å². The summed E-state index contributed by atoms with van der Waals surface area (Å²) in [7, 11) is 0. The highest BCUT2D eigenvalue weighted by molar-refractivity contribution is 7.13. The quantitative estimate of drug-likeness (QED) is 0.604. The maximum absolute atomic E-state index is 4.56. The summed E-state index contributed by atoms with van der Waals surface area (Å²) in [6.45, 7) is 0.493. The summed E-state index contributed by atoms with van der Waals surface area (Å²) in [4.78, 5) is 6.12. The van der Waals surface area contributed by atoms with Crippen molar-refractivity contribution >= 4 is 22.2 Å². The van der Waals surface area contributed by atoms with Crippen LogP contribution in [0.2, 0.25) is 0 Å². The fraction of sp³-hybridized carbons (Fsp3) is 0.0588. The number of nitrogens with one attached hydrogen (secondary N) is 1. The molecule has 2 heterocycles. The number of para-hydroxylation sites is 1. The summed E-state index contributed by atoms with van der Waals surface area (Å²) in [6, 6.07) is 19.8. The third-order valence-corrected chi connectivity index (χ3v) is 4.17. The molecule has 6 nitrogen and oxygen atoms in total. The van der Waals surface area contributed by atoms with E-state index in [0.717, 1.165) is 22.1 Å². The normalized spacial score (nSPS) is 10.7. The van der Waals surface area contributed by atoms with Gasteiger partial charge in [0.25, 0.3) is 0 Å². The molecule has 0 aliphatic heterocycles. The predicted molar refractivity (Wildman–Crippen MR) is 94.2 cm³/mol. The van der Waals surface area contributed by atoms with Crippen molar-refractivity contribution in [3.63, 3.8) is 0 Å². The fourth-order valence-electron chi connectivity index (χ4n) is 2.24. The van der Waals surface area contributed by atoms with Gasteiger partial charge in [0.05, 0.1) is 5.69 Å². The molecule has 4 rings (SSSR count). The number of anilines is 2. The molecule has 0 saturated carbocycles. The van der Waals surface area contributed by atoms with Crippen LogP contribution in [0, 0.1) is 0 Å². The van der Waals surface area contributed by atoms with Gasteiger partial charge in [-0.25, -0.2) is 4.98 Å². The molecule has 0 bridgehead atoms. The Morgan fingerprint density at radius 1 is 0.958 bits per heavy atom. The Bertz CT molecular complexity index is 916. The van der Waals surface area contributed by atoms with Crippen LogP contribution in [0.5, 0.6) is 0 Å². The molecule has 0 amide bonds. The maximum atomic E-state index is 4.56. The Kier molecular flexibility index (Phi) is 3.99. The molecule has 2 aromatic carbocycles. The lowest BCUT2D eigenvalue weighted by molar-refractivity contribution is 0.566. The van der Waals surface area contributed by atoms with Crippen molar-refractivity contribution < 1.29 is 0 Å². The first-order valence-corrected chi connectivity index (χ1v) is 8.34. The first-order chi connectivity index (χ1) is 11.9. The molecule has 0 saturated heterocycles. The zero-order valence-electron chi connectivity index (χ0n) is 12.7. The van der Waals surface area contributed by atoms with E-state index < -0.39 is 0 Å². The molecule has 2 aromatic heterocycles. The van der Waals surface area contributed by atoms with E-state index in [0.29, 0.717) is 12.4 Å². The Labute approximate surface area is 142 Å². The first-order valence-electron chi connectivity index (χ1n) is 7.46. The number of benzene rings is 2. The number of hydrogen-bond donors (Lipinski definition) is 1. The Morgan fingerprint density at radius 3 is 2.50 bits per heavy atom. The largest absolute Gasteiger partial charge is 0.332 e. The Hall–Kier alpha value is -3.06. The molecule has 7 heteroatoms. The SMILES string of the molecule is c1ccc(Nc2nc(Cn3nnc(-c4ccccc4)n3)cs2)cc1. The monoisotopic (exact) mass is 334 g/mol. The van der Waals surface area contributed by atoms with Crippen LogP contribution in [0.15, 0.2) is 66.0 Å². The van der Waals surface area contributed by atoms with Crippen molar-refractivity contribution in [1.82, 2.24) is 25.2 Å². The number of aromatic nitrogens is 5. The molecule has 0 spiro atoms. The standard InChI is InChI=1S/C17H14N6S/c1-3-7-13(8-4-1)16-20-22-23(21-16)11-15-12-24-17(19-15)18-14-9-5-2-6-10-14/h1-10,12H,11H2,(H,18,19). The third kappa shape index (κ3) is 3.31. The van der Waals surface area contributed by atoms with Crippen LogP contribution in [0.3, 0.4) is 0 Å². The van der Waals surface area contributed by atoms with Gasteiger partial charge >= 0.3 is 0 Å². The average Bonchev–Trinajstić information content (AvgIpc) is 3.27. The first kappa shape index (κ1) is 14.5. The number of tetrazole rings is 1. The van der Waals surface area contributed by atoms with E-state index >= 15 is 0 Å². The molecule has 0 unspecified atom stereocenters. The van der Waals surface area contributed by atoms with Gasteiger partial charge in [0, 0.05) is 16.6 Å².